The molecule has 0 aliphatic carbocycles. The summed E-state index contributed by atoms with van der Waals surface area (Å²) in [5, 5.41) is 12.0. The third-order valence-electron chi connectivity index (χ3n) is 2.89. The Bertz CT molecular complexity index is 211. The van der Waals surface area contributed by atoms with Gasteiger partial charge in [0.15, 0.2) is 0 Å². The summed E-state index contributed by atoms with van der Waals surface area (Å²) in [5.74, 6) is 0. The third-order valence-corrected chi connectivity index (χ3v) is 2.89. The van der Waals surface area contributed by atoms with Crippen LogP contribution < -0.4 is 5.32 Å². The summed E-state index contributed by atoms with van der Waals surface area (Å²) in [6.07, 6.45) is 0.344. The van der Waals surface area contributed by atoms with Crippen LogP contribution in [0, 0.1) is 5.41 Å². The first-order valence-electron chi connectivity index (χ1n) is 4.33. The van der Waals surface area contributed by atoms with Gasteiger partial charge in [-0.25, -0.2) is 4.79 Å². The first-order valence-corrected chi connectivity index (χ1v) is 4.33. The maximum atomic E-state index is 10.5. The van der Waals surface area contributed by atoms with Gasteiger partial charge in [0.1, 0.15) is 0 Å². The van der Waals surface area contributed by atoms with E-state index < -0.39 is 6.09 Å². The van der Waals surface area contributed by atoms with E-state index in [9.17, 15) is 4.79 Å². The lowest BCUT2D eigenvalue weighted by Gasteiger charge is -2.46. The van der Waals surface area contributed by atoms with Crippen molar-refractivity contribution in [1.82, 2.24) is 10.2 Å². The van der Waals surface area contributed by atoms with Gasteiger partial charge in [0, 0.05) is 31.1 Å². The normalized spacial score (nSPS) is 32.1. The van der Waals surface area contributed by atoms with Crippen LogP contribution in [-0.2, 0) is 0 Å². The summed E-state index contributed by atoms with van der Waals surface area (Å²) < 4.78 is 0. The Morgan fingerprint density at radius 2 is 2.33 bits per heavy atom. The van der Waals surface area contributed by atoms with Crippen molar-refractivity contribution in [2.45, 2.75) is 19.4 Å². The van der Waals surface area contributed by atoms with Gasteiger partial charge in [-0.05, 0) is 13.3 Å². The van der Waals surface area contributed by atoms with Gasteiger partial charge in [-0.15, -0.1) is 0 Å². The van der Waals surface area contributed by atoms with E-state index >= 15 is 0 Å². The molecule has 0 saturated carbocycles. The highest BCUT2D eigenvalue weighted by atomic mass is 16.4. The Balaban J connectivity index is 1.91. The molecule has 0 unspecified atom stereocenters. The largest absolute Gasteiger partial charge is 0.465 e. The minimum absolute atomic E-state index is 0.276. The molecular weight excluding hydrogens is 156 g/mol. The molecule has 4 heteroatoms. The van der Waals surface area contributed by atoms with Crippen molar-refractivity contribution in [3.8, 4) is 0 Å². The lowest BCUT2D eigenvalue weighted by atomic mass is 9.78. The number of carbonyl (C=O) groups is 1. The molecule has 2 aliphatic heterocycles. The zero-order valence-corrected chi connectivity index (χ0v) is 7.21. The number of nitrogens with one attached hydrogen (secondary N) is 1. The monoisotopic (exact) mass is 170 g/mol. The van der Waals surface area contributed by atoms with Crippen LogP contribution in [0.25, 0.3) is 0 Å². The number of rotatable bonds is 0. The predicted molar refractivity (Wildman–Crippen MR) is 44.1 cm³/mol. The maximum absolute atomic E-state index is 10.5. The molecule has 0 aromatic heterocycles. The van der Waals surface area contributed by atoms with E-state index in [-0.39, 0.29) is 5.41 Å². The summed E-state index contributed by atoms with van der Waals surface area (Å²) >= 11 is 0. The zero-order chi connectivity index (χ0) is 8.77. The fourth-order valence-corrected chi connectivity index (χ4v) is 2.32. The van der Waals surface area contributed by atoms with Gasteiger partial charge in [0.05, 0.1) is 0 Å². The maximum Gasteiger partial charge on any atom is 0.407 e. The van der Waals surface area contributed by atoms with Gasteiger partial charge in [0.2, 0.25) is 0 Å². The van der Waals surface area contributed by atoms with Crippen molar-refractivity contribution in [3.63, 3.8) is 0 Å². The molecule has 12 heavy (non-hydrogen) atoms. The van der Waals surface area contributed by atoms with Gasteiger partial charge < -0.3 is 15.3 Å². The van der Waals surface area contributed by atoms with Crippen LogP contribution in [0.5, 0.6) is 0 Å². The quantitative estimate of drug-likeness (QED) is 0.551. The number of carboxylic acid groups (broad SMARTS) is 1. The molecule has 2 N–H and O–H groups in total. The molecule has 2 rings (SSSR count). The molecule has 4 nitrogen and oxygen atoms in total. The highest BCUT2D eigenvalue weighted by Crippen LogP contribution is 2.38. The van der Waals surface area contributed by atoms with Crippen molar-refractivity contribution in [1.29, 1.82) is 0 Å². The van der Waals surface area contributed by atoms with Crippen LogP contribution in [0.1, 0.15) is 13.3 Å². The topological polar surface area (TPSA) is 52.6 Å². The summed E-state index contributed by atoms with van der Waals surface area (Å²) in [4.78, 5) is 12.0. The molecule has 0 aromatic carbocycles. The lowest BCUT2D eigenvalue weighted by molar-refractivity contribution is 0.0227. The molecule has 2 aliphatic rings. The van der Waals surface area contributed by atoms with E-state index in [1.807, 2.05) is 0 Å². The smallest absolute Gasteiger partial charge is 0.407 e. The van der Waals surface area contributed by atoms with Gasteiger partial charge in [0.25, 0.3) is 0 Å². The number of nitrogens with zero attached hydrogens (tertiary/aromatic N) is 1. The molecule has 1 atom stereocenters. The third kappa shape index (κ3) is 1.06. The molecule has 68 valence electrons. The zero-order valence-electron chi connectivity index (χ0n) is 7.21. The molecule has 2 fully saturated rings. The SMILES string of the molecule is C[C@H]1CC2(CN1)CN(C(=O)O)C2. The van der Waals surface area contributed by atoms with Crippen LogP contribution in [0.4, 0.5) is 4.79 Å². The molecule has 1 spiro atoms. The average Bonchev–Trinajstić information content (AvgIpc) is 2.27. The van der Waals surface area contributed by atoms with Gasteiger partial charge in [-0.1, -0.05) is 0 Å². The summed E-state index contributed by atoms with van der Waals surface area (Å²) in [7, 11) is 0. The fourth-order valence-electron chi connectivity index (χ4n) is 2.32. The Hall–Kier alpha value is -0.770. The Labute approximate surface area is 71.5 Å². The van der Waals surface area contributed by atoms with Crippen LogP contribution in [-0.4, -0.2) is 41.8 Å². The molecule has 2 heterocycles. The predicted octanol–water partition coefficient (Wildman–Crippen LogP) is 0.348. The van der Waals surface area contributed by atoms with E-state index in [0.29, 0.717) is 6.04 Å². The average molecular weight is 170 g/mol. The molecule has 2 saturated heterocycles. The number of hydrogen-bond acceptors (Lipinski definition) is 2. The Morgan fingerprint density at radius 1 is 1.67 bits per heavy atom. The first kappa shape index (κ1) is 7.86. The van der Waals surface area contributed by atoms with Crippen LogP contribution >= 0.6 is 0 Å². The van der Waals surface area contributed by atoms with Crippen LogP contribution in [0.3, 0.4) is 0 Å². The highest BCUT2D eigenvalue weighted by molar-refractivity contribution is 5.66. The summed E-state index contributed by atoms with van der Waals surface area (Å²) in [6.45, 7) is 4.58. The number of amides is 1. The fraction of sp³-hybridized carbons (Fsp3) is 0.875. The van der Waals surface area contributed by atoms with E-state index in [2.05, 4.69) is 12.2 Å². The standard InChI is InChI=1S/C8H14N2O2/c1-6-2-8(3-9-6)4-10(5-8)7(11)12/h6,9H,2-5H2,1H3,(H,11,12)/t6-/m0/s1. The molecule has 1 amide bonds. The Kier molecular flexibility index (Phi) is 1.54. The first-order chi connectivity index (χ1) is 5.61. The van der Waals surface area contributed by atoms with E-state index in [0.717, 1.165) is 26.1 Å². The number of likely N-dealkylation sites (tertiary alicyclic amines) is 1. The van der Waals surface area contributed by atoms with Gasteiger partial charge >= 0.3 is 6.09 Å². The minimum Gasteiger partial charge on any atom is -0.465 e. The lowest BCUT2D eigenvalue weighted by Crippen LogP contribution is -2.59. The van der Waals surface area contributed by atoms with E-state index in [1.165, 1.54) is 4.90 Å². The highest BCUT2D eigenvalue weighted by Gasteiger charge is 2.48. The van der Waals surface area contributed by atoms with Gasteiger partial charge in [-0.2, -0.15) is 0 Å². The summed E-state index contributed by atoms with van der Waals surface area (Å²) in [5.41, 5.74) is 0.276. The van der Waals surface area contributed by atoms with Crippen molar-refractivity contribution in [3.05, 3.63) is 0 Å². The van der Waals surface area contributed by atoms with Crippen molar-refractivity contribution < 1.29 is 9.90 Å². The molecule has 0 aromatic rings. The minimum atomic E-state index is -0.778. The second kappa shape index (κ2) is 2.36. The molecule has 0 radical (unpaired) electrons. The van der Waals surface area contributed by atoms with E-state index in [1.54, 1.807) is 0 Å². The molecule has 0 bridgehead atoms. The van der Waals surface area contributed by atoms with Crippen LogP contribution in [0.2, 0.25) is 0 Å². The Morgan fingerprint density at radius 3 is 2.75 bits per heavy atom. The summed E-state index contributed by atoms with van der Waals surface area (Å²) in [6, 6.07) is 0.556. The second-order valence-electron chi connectivity index (χ2n) is 4.12. The van der Waals surface area contributed by atoms with Crippen LogP contribution in [0.15, 0.2) is 0 Å². The van der Waals surface area contributed by atoms with E-state index in [4.69, 9.17) is 5.11 Å². The van der Waals surface area contributed by atoms with Gasteiger partial charge in [-0.3, -0.25) is 0 Å². The molecular formula is C8H14N2O2. The van der Waals surface area contributed by atoms with Crippen molar-refractivity contribution in [2.24, 2.45) is 5.41 Å². The second-order valence-corrected chi connectivity index (χ2v) is 4.12. The number of hydrogen-bond donors (Lipinski definition) is 2. The van der Waals surface area contributed by atoms with Crippen molar-refractivity contribution >= 4 is 6.09 Å². The van der Waals surface area contributed by atoms with Crippen molar-refractivity contribution in [2.75, 3.05) is 19.6 Å².